The monoisotopic (exact) mass is 283 g/mol. The lowest BCUT2D eigenvalue weighted by Gasteiger charge is -2.13. The highest BCUT2D eigenvalue weighted by Crippen LogP contribution is 2.33. The molecule has 1 N–H and O–H groups in total. The Morgan fingerprint density at radius 2 is 2.06 bits per heavy atom. The molecular weight excluding hydrogens is 271 g/mol. The number of nitrogens with one attached hydrogen (secondary N) is 1. The van der Waals surface area contributed by atoms with E-state index in [-0.39, 0.29) is 10.8 Å². The molecule has 96 valence electrons. The Kier molecular flexibility index (Phi) is 5.95. The fraction of sp³-hybridized carbons (Fsp3) is 0.455. The van der Waals surface area contributed by atoms with Gasteiger partial charge in [-0.3, -0.25) is 0 Å². The molecule has 0 spiro atoms. The number of ether oxygens (including phenoxy) is 1. The van der Waals surface area contributed by atoms with Gasteiger partial charge in [0.25, 0.3) is 0 Å². The zero-order valence-corrected chi connectivity index (χ0v) is 10.8. The highest BCUT2D eigenvalue weighted by molar-refractivity contribution is 6.35. The topological polar surface area (TPSA) is 21.3 Å². The van der Waals surface area contributed by atoms with Crippen LogP contribution < -0.4 is 10.1 Å². The second-order valence-corrected chi connectivity index (χ2v) is 4.27. The summed E-state index contributed by atoms with van der Waals surface area (Å²) in [5, 5.41) is 3.56. The summed E-state index contributed by atoms with van der Waals surface area (Å²) < 4.78 is 28.9. The highest BCUT2D eigenvalue weighted by Gasteiger charge is 2.14. The average Bonchev–Trinajstić information content (AvgIpc) is 2.23. The molecule has 0 aliphatic rings. The van der Waals surface area contributed by atoms with E-state index in [1.807, 2.05) is 6.92 Å². The van der Waals surface area contributed by atoms with Gasteiger partial charge in [0.2, 0.25) is 0 Å². The Labute approximate surface area is 109 Å². The standard InChI is InChI=1S/C11H13Cl2F2NO/c1-2-3-16-6-7-4-8(12)5-9(13)10(7)17-11(14)15/h4-5,11,16H,2-3,6H2,1H3. The zero-order valence-electron chi connectivity index (χ0n) is 9.27. The van der Waals surface area contributed by atoms with Gasteiger partial charge in [0, 0.05) is 17.1 Å². The first-order valence-electron chi connectivity index (χ1n) is 5.18. The van der Waals surface area contributed by atoms with Crippen LogP contribution in [0.1, 0.15) is 18.9 Å². The predicted molar refractivity (Wildman–Crippen MR) is 65.1 cm³/mol. The Morgan fingerprint density at radius 3 is 2.65 bits per heavy atom. The van der Waals surface area contributed by atoms with Crippen molar-refractivity contribution in [2.75, 3.05) is 6.54 Å². The fourth-order valence-corrected chi connectivity index (χ4v) is 1.95. The van der Waals surface area contributed by atoms with Gasteiger partial charge in [0.05, 0.1) is 5.02 Å². The van der Waals surface area contributed by atoms with Crippen molar-refractivity contribution >= 4 is 23.2 Å². The smallest absolute Gasteiger partial charge is 0.387 e. The molecule has 0 bridgehead atoms. The molecule has 1 aromatic rings. The number of benzene rings is 1. The van der Waals surface area contributed by atoms with Crippen LogP contribution in [0.5, 0.6) is 5.75 Å². The van der Waals surface area contributed by atoms with Crippen LogP contribution in [0.4, 0.5) is 8.78 Å². The van der Waals surface area contributed by atoms with E-state index in [1.54, 1.807) is 6.07 Å². The number of hydrogen-bond donors (Lipinski definition) is 1. The van der Waals surface area contributed by atoms with Crippen molar-refractivity contribution in [3.8, 4) is 5.75 Å². The van der Waals surface area contributed by atoms with Gasteiger partial charge in [-0.15, -0.1) is 0 Å². The van der Waals surface area contributed by atoms with Crippen LogP contribution in [0.2, 0.25) is 10.0 Å². The van der Waals surface area contributed by atoms with Gasteiger partial charge >= 0.3 is 6.61 Å². The van der Waals surface area contributed by atoms with Gasteiger partial charge < -0.3 is 10.1 Å². The summed E-state index contributed by atoms with van der Waals surface area (Å²) in [5.41, 5.74) is 0.524. The van der Waals surface area contributed by atoms with Gasteiger partial charge in [-0.2, -0.15) is 8.78 Å². The van der Waals surface area contributed by atoms with Crippen molar-refractivity contribution in [3.05, 3.63) is 27.7 Å². The van der Waals surface area contributed by atoms with Gasteiger partial charge in [0.15, 0.2) is 0 Å². The first-order valence-corrected chi connectivity index (χ1v) is 5.93. The Bertz CT molecular complexity index is 375. The van der Waals surface area contributed by atoms with E-state index in [4.69, 9.17) is 23.2 Å². The Morgan fingerprint density at radius 1 is 1.35 bits per heavy atom. The molecule has 17 heavy (non-hydrogen) atoms. The van der Waals surface area contributed by atoms with Crippen molar-refractivity contribution in [1.29, 1.82) is 0 Å². The normalized spacial score (nSPS) is 10.9. The van der Waals surface area contributed by atoms with Crippen molar-refractivity contribution in [2.24, 2.45) is 0 Å². The van der Waals surface area contributed by atoms with Crippen LogP contribution in [0.3, 0.4) is 0 Å². The minimum atomic E-state index is -2.90. The summed E-state index contributed by atoms with van der Waals surface area (Å²) in [7, 11) is 0. The SMILES string of the molecule is CCCNCc1cc(Cl)cc(Cl)c1OC(F)F. The van der Waals surface area contributed by atoms with Gasteiger partial charge in [-0.25, -0.2) is 0 Å². The van der Waals surface area contributed by atoms with E-state index in [0.717, 1.165) is 13.0 Å². The lowest BCUT2D eigenvalue weighted by molar-refractivity contribution is -0.0504. The second kappa shape index (κ2) is 6.99. The van der Waals surface area contributed by atoms with E-state index < -0.39 is 6.61 Å². The van der Waals surface area contributed by atoms with E-state index >= 15 is 0 Å². The third kappa shape index (κ3) is 4.66. The fourth-order valence-electron chi connectivity index (χ4n) is 1.37. The summed E-state index contributed by atoms with van der Waals surface area (Å²) in [4.78, 5) is 0. The molecule has 0 radical (unpaired) electrons. The maximum atomic E-state index is 12.2. The molecule has 1 aromatic carbocycles. The molecular formula is C11H13Cl2F2NO. The van der Waals surface area contributed by atoms with Crippen LogP contribution in [0.25, 0.3) is 0 Å². The molecule has 0 aliphatic carbocycles. The molecule has 6 heteroatoms. The van der Waals surface area contributed by atoms with E-state index in [1.165, 1.54) is 6.07 Å². The van der Waals surface area contributed by atoms with Crippen LogP contribution in [-0.4, -0.2) is 13.2 Å². The van der Waals surface area contributed by atoms with E-state index in [9.17, 15) is 8.78 Å². The van der Waals surface area contributed by atoms with Crippen LogP contribution in [0.15, 0.2) is 12.1 Å². The van der Waals surface area contributed by atoms with Gasteiger partial charge in [-0.05, 0) is 25.1 Å². The van der Waals surface area contributed by atoms with Crippen molar-refractivity contribution in [3.63, 3.8) is 0 Å². The zero-order chi connectivity index (χ0) is 12.8. The third-order valence-corrected chi connectivity index (χ3v) is 2.53. The molecule has 0 unspecified atom stereocenters. The molecule has 0 atom stereocenters. The summed E-state index contributed by atoms with van der Waals surface area (Å²) in [5.74, 6) is -0.0188. The molecule has 1 rings (SSSR count). The molecule has 2 nitrogen and oxygen atoms in total. The first-order chi connectivity index (χ1) is 8.04. The summed E-state index contributed by atoms with van der Waals surface area (Å²) in [6.45, 7) is 0.266. The minimum Gasteiger partial charge on any atom is -0.433 e. The average molecular weight is 284 g/mol. The molecule has 0 amide bonds. The minimum absolute atomic E-state index is 0.0188. The molecule has 0 saturated carbocycles. The number of halogens is 4. The van der Waals surface area contributed by atoms with Crippen molar-refractivity contribution < 1.29 is 13.5 Å². The van der Waals surface area contributed by atoms with Crippen LogP contribution in [-0.2, 0) is 6.54 Å². The lowest BCUT2D eigenvalue weighted by atomic mass is 10.2. The highest BCUT2D eigenvalue weighted by atomic mass is 35.5. The second-order valence-electron chi connectivity index (χ2n) is 3.43. The van der Waals surface area contributed by atoms with E-state index in [0.29, 0.717) is 17.1 Å². The Hall–Kier alpha value is -0.580. The number of rotatable bonds is 6. The van der Waals surface area contributed by atoms with Crippen molar-refractivity contribution in [2.45, 2.75) is 26.5 Å². The van der Waals surface area contributed by atoms with Gasteiger partial charge in [0.1, 0.15) is 5.75 Å². The lowest BCUT2D eigenvalue weighted by Crippen LogP contribution is -2.15. The first kappa shape index (κ1) is 14.5. The maximum absolute atomic E-state index is 12.2. The maximum Gasteiger partial charge on any atom is 0.387 e. The van der Waals surface area contributed by atoms with E-state index in [2.05, 4.69) is 10.1 Å². The number of hydrogen-bond acceptors (Lipinski definition) is 2. The largest absolute Gasteiger partial charge is 0.433 e. The molecule has 0 saturated heterocycles. The summed E-state index contributed by atoms with van der Waals surface area (Å²) in [6, 6.07) is 2.94. The third-order valence-electron chi connectivity index (χ3n) is 2.03. The van der Waals surface area contributed by atoms with Crippen LogP contribution in [0, 0.1) is 0 Å². The molecule has 0 aromatic heterocycles. The molecule has 0 fully saturated rings. The quantitative estimate of drug-likeness (QED) is 0.794. The number of alkyl halides is 2. The summed E-state index contributed by atoms with van der Waals surface area (Å²) in [6.07, 6.45) is 0.944. The predicted octanol–water partition coefficient (Wildman–Crippen LogP) is 4.09. The molecule has 0 heterocycles. The summed E-state index contributed by atoms with van der Waals surface area (Å²) >= 11 is 11.6. The Balaban J connectivity index is 2.90. The van der Waals surface area contributed by atoms with Crippen molar-refractivity contribution in [1.82, 2.24) is 5.32 Å². The van der Waals surface area contributed by atoms with Crippen LogP contribution >= 0.6 is 23.2 Å². The van der Waals surface area contributed by atoms with Gasteiger partial charge in [-0.1, -0.05) is 30.1 Å². The molecule has 0 aliphatic heterocycles.